The summed E-state index contributed by atoms with van der Waals surface area (Å²) in [5.74, 6) is -1.72. The fourth-order valence-corrected chi connectivity index (χ4v) is 6.59. The monoisotopic (exact) mass is 448 g/mol. The smallest absolute Gasteiger partial charge is 0.235 e. The van der Waals surface area contributed by atoms with Gasteiger partial charge in [-0.05, 0) is 42.9 Å². The first kappa shape index (κ1) is 19.9. The second-order valence-electron chi connectivity index (χ2n) is 9.02. The number of Topliss-reactive ketones (excluding diaryl/α,β-unsaturated/α-hetero) is 1. The number of ether oxygens (including phenoxy) is 1. The van der Waals surface area contributed by atoms with Crippen LogP contribution < -0.4 is 4.90 Å². The van der Waals surface area contributed by atoms with Crippen molar-refractivity contribution in [3.8, 4) is 0 Å². The van der Waals surface area contributed by atoms with Crippen LogP contribution >= 0.6 is 11.3 Å². The maximum absolute atomic E-state index is 13.7. The van der Waals surface area contributed by atoms with Gasteiger partial charge >= 0.3 is 0 Å². The second kappa shape index (κ2) is 7.39. The zero-order chi connectivity index (χ0) is 22.0. The van der Waals surface area contributed by atoms with E-state index in [2.05, 4.69) is 6.08 Å². The fourth-order valence-electron chi connectivity index (χ4n) is 5.90. The van der Waals surface area contributed by atoms with Crippen LogP contribution in [0.4, 0.5) is 5.69 Å². The number of hydrogen-bond acceptors (Lipinski definition) is 6. The fraction of sp³-hybridized carbons (Fsp3) is 0.400. The van der Waals surface area contributed by atoms with Crippen LogP contribution in [-0.4, -0.2) is 53.8 Å². The lowest BCUT2D eigenvalue weighted by atomic mass is 9.86. The maximum atomic E-state index is 13.7. The van der Waals surface area contributed by atoms with E-state index in [1.54, 1.807) is 6.07 Å². The number of benzene rings is 1. The molecule has 4 aliphatic heterocycles. The Labute approximate surface area is 190 Å². The van der Waals surface area contributed by atoms with Gasteiger partial charge in [0.25, 0.3) is 0 Å². The van der Waals surface area contributed by atoms with Gasteiger partial charge in [0.2, 0.25) is 11.8 Å². The SMILES string of the molecule is CC1=C[C@@H]2[C@@H]3C(=O)N(C[C@@H]4CCCO4)C(=O)[C@@H]3[C@@H](C(=O)c3cccs3)N2c2ccccc21. The van der Waals surface area contributed by atoms with Crippen molar-refractivity contribution in [2.75, 3.05) is 18.1 Å². The number of allylic oxidation sites excluding steroid dienone is 1. The molecule has 6 nitrogen and oxygen atoms in total. The first-order chi connectivity index (χ1) is 15.6. The number of thiophene rings is 1. The number of anilines is 1. The van der Waals surface area contributed by atoms with Crippen molar-refractivity contribution < 1.29 is 19.1 Å². The van der Waals surface area contributed by atoms with Crippen molar-refractivity contribution in [3.05, 3.63) is 58.3 Å². The van der Waals surface area contributed by atoms with E-state index in [1.807, 2.05) is 47.5 Å². The molecule has 6 rings (SSSR count). The van der Waals surface area contributed by atoms with Gasteiger partial charge in [-0.3, -0.25) is 19.3 Å². The van der Waals surface area contributed by atoms with E-state index >= 15 is 0 Å². The molecule has 5 atom stereocenters. The van der Waals surface area contributed by atoms with Gasteiger partial charge in [-0.1, -0.05) is 30.3 Å². The second-order valence-corrected chi connectivity index (χ2v) is 9.97. The van der Waals surface area contributed by atoms with E-state index in [-0.39, 0.29) is 36.3 Å². The quantitative estimate of drug-likeness (QED) is 0.530. The first-order valence-corrected chi connectivity index (χ1v) is 12.0. The normalized spacial score (nSPS) is 30.9. The molecule has 0 bridgehead atoms. The van der Waals surface area contributed by atoms with Crippen LogP contribution in [-0.2, 0) is 14.3 Å². The van der Waals surface area contributed by atoms with Crippen LogP contribution in [0.25, 0.3) is 5.57 Å². The van der Waals surface area contributed by atoms with Gasteiger partial charge in [-0.15, -0.1) is 11.3 Å². The van der Waals surface area contributed by atoms with Crippen LogP contribution in [0.5, 0.6) is 0 Å². The summed E-state index contributed by atoms with van der Waals surface area (Å²) in [6.45, 7) is 2.99. The zero-order valence-electron chi connectivity index (χ0n) is 17.8. The number of imide groups is 1. The highest BCUT2D eigenvalue weighted by Gasteiger charge is 2.64. The summed E-state index contributed by atoms with van der Waals surface area (Å²) in [6.07, 6.45) is 3.77. The molecule has 3 saturated heterocycles. The van der Waals surface area contributed by atoms with Crippen molar-refractivity contribution in [2.45, 2.75) is 38.0 Å². The number of ketones is 1. The Bertz CT molecular complexity index is 1130. The molecular weight excluding hydrogens is 424 g/mol. The lowest BCUT2D eigenvalue weighted by Gasteiger charge is -2.38. The molecule has 2 aromatic rings. The summed E-state index contributed by atoms with van der Waals surface area (Å²) in [5, 5.41) is 1.87. The molecule has 3 fully saturated rings. The van der Waals surface area contributed by atoms with Gasteiger partial charge in [0, 0.05) is 17.9 Å². The molecule has 0 saturated carbocycles. The molecule has 1 aromatic heterocycles. The number of para-hydroxylation sites is 1. The Kier molecular flexibility index (Phi) is 4.59. The van der Waals surface area contributed by atoms with Crippen LogP contribution in [0, 0.1) is 11.8 Å². The molecule has 0 unspecified atom stereocenters. The van der Waals surface area contributed by atoms with Crippen molar-refractivity contribution in [3.63, 3.8) is 0 Å². The Morgan fingerprint density at radius 1 is 1.12 bits per heavy atom. The van der Waals surface area contributed by atoms with Gasteiger partial charge in [-0.2, -0.15) is 0 Å². The minimum absolute atomic E-state index is 0.0830. The Morgan fingerprint density at radius 3 is 2.69 bits per heavy atom. The third-order valence-electron chi connectivity index (χ3n) is 7.29. The maximum Gasteiger partial charge on any atom is 0.235 e. The van der Waals surface area contributed by atoms with Gasteiger partial charge in [0.05, 0.1) is 35.4 Å². The van der Waals surface area contributed by atoms with Crippen LogP contribution in [0.15, 0.2) is 47.9 Å². The predicted molar refractivity (Wildman–Crippen MR) is 121 cm³/mol. The number of fused-ring (bicyclic) bond motifs is 5. The highest BCUT2D eigenvalue weighted by atomic mass is 32.1. The Morgan fingerprint density at radius 2 is 1.94 bits per heavy atom. The molecule has 1 aromatic carbocycles. The third-order valence-corrected chi connectivity index (χ3v) is 8.17. The molecule has 4 aliphatic rings. The van der Waals surface area contributed by atoms with Gasteiger partial charge in [0.15, 0.2) is 5.78 Å². The van der Waals surface area contributed by atoms with E-state index in [1.165, 1.54) is 16.2 Å². The molecule has 32 heavy (non-hydrogen) atoms. The number of amides is 2. The molecule has 7 heteroatoms. The number of nitrogens with zero attached hydrogens (tertiary/aromatic N) is 2. The Balaban J connectivity index is 1.45. The summed E-state index contributed by atoms with van der Waals surface area (Å²) < 4.78 is 5.70. The third kappa shape index (κ3) is 2.77. The molecule has 5 heterocycles. The molecular formula is C25H24N2O4S. The van der Waals surface area contributed by atoms with E-state index < -0.39 is 17.9 Å². The van der Waals surface area contributed by atoms with E-state index in [9.17, 15) is 14.4 Å². The minimum atomic E-state index is -0.694. The summed E-state index contributed by atoms with van der Waals surface area (Å²) in [6, 6.07) is 10.6. The number of carbonyl (C=O) groups excluding carboxylic acids is 3. The molecule has 2 amide bonds. The standard InChI is InChI=1S/C25H24N2O4S/c1-14-12-18-20-21(25(30)26(24(20)29)13-15-6-4-10-31-15)22(23(28)19-9-5-11-32-19)27(18)17-8-3-2-7-16(14)17/h2-3,5,7-9,11-12,15,18,20-22H,4,6,10,13H2,1H3/t15-,18+,20-,21-,22-/m0/s1. The van der Waals surface area contributed by atoms with Gasteiger partial charge < -0.3 is 9.64 Å². The van der Waals surface area contributed by atoms with Gasteiger partial charge in [0.1, 0.15) is 6.04 Å². The molecule has 0 spiro atoms. The lowest BCUT2D eigenvalue weighted by Crippen LogP contribution is -2.49. The molecule has 0 radical (unpaired) electrons. The lowest BCUT2D eigenvalue weighted by molar-refractivity contribution is -0.142. The topological polar surface area (TPSA) is 66.9 Å². The largest absolute Gasteiger partial charge is 0.376 e. The molecule has 0 N–H and O–H groups in total. The average Bonchev–Trinajstić information content (AvgIpc) is 3.58. The Hall–Kier alpha value is -2.77. The highest BCUT2D eigenvalue weighted by Crippen LogP contribution is 2.50. The van der Waals surface area contributed by atoms with E-state index in [4.69, 9.17) is 4.74 Å². The van der Waals surface area contributed by atoms with Crippen molar-refractivity contribution in [2.24, 2.45) is 11.8 Å². The van der Waals surface area contributed by atoms with Crippen molar-refractivity contribution in [1.82, 2.24) is 4.90 Å². The van der Waals surface area contributed by atoms with Crippen molar-refractivity contribution in [1.29, 1.82) is 0 Å². The van der Waals surface area contributed by atoms with Crippen molar-refractivity contribution >= 4 is 40.2 Å². The minimum Gasteiger partial charge on any atom is -0.376 e. The first-order valence-electron chi connectivity index (χ1n) is 11.2. The molecule has 164 valence electrons. The van der Waals surface area contributed by atoms with Crippen LogP contribution in [0.1, 0.15) is 35.0 Å². The predicted octanol–water partition coefficient (Wildman–Crippen LogP) is 3.39. The summed E-state index contributed by atoms with van der Waals surface area (Å²) in [7, 11) is 0. The van der Waals surface area contributed by atoms with E-state index in [0.717, 1.165) is 29.7 Å². The van der Waals surface area contributed by atoms with Gasteiger partial charge in [-0.25, -0.2) is 0 Å². The number of hydrogen-bond donors (Lipinski definition) is 0. The number of likely N-dealkylation sites (tertiary alicyclic amines) is 1. The highest BCUT2D eigenvalue weighted by molar-refractivity contribution is 7.12. The van der Waals surface area contributed by atoms with E-state index in [0.29, 0.717) is 11.5 Å². The molecule has 0 aliphatic carbocycles. The van der Waals surface area contributed by atoms with Crippen LogP contribution in [0.2, 0.25) is 0 Å². The van der Waals surface area contributed by atoms with Crippen LogP contribution in [0.3, 0.4) is 0 Å². The summed E-state index contributed by atoms with van der Waals surface area (Å²) in [5.41, 5.74) is 3.04. The summed E-state index contributed by atoms with van der Waals surface area (Å²) >= 11 is 1.38. The summed E-state index contributed by atoms with van der Waals surface area (Å²) in [4.78, 5) is 45.0. The number of rotatable bonds is 4. The zero-order valence-corrected chi connectivity index (χ0v) is 18.6. The number of carbonyl (C=O) groups is 3. The average molecular weight is 449 g/mol.